The monoisotopic (exact) mass is 209 g/mol. The highest BCUT2D eigenvalue weighted by Crippen LogP contribution is 2.35. The lowest BCUT2D eigenvalue weighted by atomic mass is 9.88. The van der Waals surface area contributed by atoms with Crippen LogP contribution in [0.4, 0.5) is 5.69 Å². The molecule has 1 aliphatic heterocycles. The Hall–Kier alpha value is -0.690. The summed E-state index contributed by atoms with van der Waals surface area (Å²) in [5, 5.41) is 4.42. The average Bonchev–Trinajstić information content (AvgIpc) is 2.11. The zero-order chi connectivity index (χ0) is 10.3. The number of benzene rings is 1. The molecule has 1 aromatic rings. The molecule has 0 saturated heterocycles. The van der Waals surface area contributed by atoms with Crippen LogP contribution in [0.1, 0.15) is 31.4 Å². The molecule has 0 unspecified atom stereocenters. The summed E-state index contributed by atoms with van der Waals surface area (Å²) in [6, 6.07) is 4.13. The molecule has 2 rings (SSSR count). The highest BCUT2D eigenvalue weighted by Gasteiger charge is 2.25. The molecule has 1 N–H and O–H groups in total. The third-order valence-corrected chi connectivity index (χ3v) is 3.38. The molecule has 0 radical (unpaired) electrons. The number of anilines is 1. The summed E-state index contributed by atoms with van der Waals surface area (Å²) in [4.78, 5) is 0. The molecular formula is C12H16ClN. The molecule has 0 saturated carbocycles. The molecule has 0 fully saturated rings. The van der Waals surface area contributed by atoms with Crippen LogP contribution in [-0.4, -0.2) is 5.54 Å². The smallest absolute Gasteiger partial charge is 0.0455 e. The van der Waals surface area contributed by atoms with Gasteiger partial charge in [-0.25, -0.2) is 0 Å². The number of hydrogen-bond acceptors (Lipinski definition) is 1. The number of aryl methyl sites for hydroxylation is 1. The fraction of sp³-hybridized carbons (Fsp3) is 0.500. The number of fused-ring (bicyclic) bond motifs is 1. The second kappa shape index (κ2) is 3.16. The summed E-state index contributed by atoms with van der Waals surface area (Å²) in [5.74, 6) is 0. The highest BCUT2D eigenvalue weighted by atomic mass is 35.5. The summed E-state index contributed by atoms with van der Waals surface area (Å²) in [6.07, 6.45) is 2.33. The Balaban J connectivity index is 2.49. The van der Waals surface area contributed by atoms with E-state index in [9.17, 15) is 0 Å². The Morgan fingerprint density at radius 2 is 2.07 bits per heavy atom. The van der Waals surface area contributed by atoms with Gasteiger partial charge in [-0.1, -0.05) is 17.7 Å². The van der Waals surface area contributed by atoms with Gasteiger partial charge >= 0.3 is 0 Å². The maximum atomic E-state index is 6.10. The van der Waals surface area contributed by atoms with Crippen molar-refractivity contribution < 1.29 is 0 Å². The largest absolute Gasteiger partial charge is 0.380 e. The summed E-state index contributed by atoms with van der Waals surface area (Å²) in [7, 11) is 0. The minimum atomic E-state index is 0.197. The van der Waals surface area contributed by atoms with Crippen molar-refractivity contribution >= 4 is 17.3 Å². The Labute approximate surface area is 90.5 Å². The van der Waals surface area contributed by atoms with Crippen LogP contribution in [0.2, 0.25) is 5.02 Å². The molecule has 0 amide bonds. The van der Waals surface area contributed by atoms with Gasteiger partial charge in [0.05, 0.1) is 0 Å². The van der Waals surface area contributed by atoms with E-state index in [-0.39, 0.29) is 5.54 Å². The maximum Gasteiger partial charge on any atom is 0.0455 e. The van der Waals surface area contributed by atoms with Crippen LogP contribution in [0, 0.1) is 6.92 Å². The van der Waals surface area contributed by atoms with E-state index in [1.807, 2.05) is 6.07 Å². The zero-order valence-electron chi connectivity index (χ0n) is 8.95. The number of nitrogens with one attached hydrogen (secondary N) is 1. The van der Waals surface area contributed by atoms with E-state index in [1.54, 1.807) is 0 Å². The second-order valence-electron chi connectivity index (χ2n) is 4.72. The fourth-order valence-electron chi connectivity index (χ4n) is 1.97. The Morgan fingerprint density at radius 3 is 2.79 bits per heavy atom. The van der Waals surface area contributed by atoms with E-state index in [0.717, 1.165) is 11.4 Å². The van der Waals surface area contributed by atoms with Crippen LogP contribution in [-0.2, 0) is 6.42 Å². The minimum Gasteiger partial charge on any atom is -0.380 e. The Kier molecular flexibility index (Phi) is 2.23. The normalized spacial score (nSPS) is 18.6. The number of halogens is 1. The Bertz CT molecular complexity index is 369. The molecule has 0 aliphatic carbocycles. The standard InChI is InChI=1S/C12H16ClN/c1-8-10(13)5-4-9-6-7-12(2,3)14-11(8)9/h4-5,14H,6-7H2,1-3H3. The van der Waals surface area contributed by atoms with E-state index in [0.29, 0.717) is 0 Å². The fourth-order valence-corrected chi connectivity index (χ4v) is 2.13. The van der Waals surface area contributed by atoms with Gasteiger partial charge in [0.1, 0.15) is 0 Å². The lowest BCUT2D eigenvalue weighted by Crippen LogP contribution is -2.35. The predicted octanol–water partition coefficient (Wildman–Crippen LogP) is 3.79. The number of hydrogen-bond donors (Lipinski definition) is 1. The highest BCUT2D eigenvalue weighted by molar-refractivity contribution is 6.31. The van der Waals surface area contributed by atoms with Crippen molar-refractivity contribution in [2.75, 3.05) is 5.32 Å². The van der Waals surface area contributed by atoms with E-state index < -0.39 is 0 Å². The Morgan fingerprint density at radius 1 is 1.36 bits per heavy atom. The molecule has 0 aromatic heterocycles. The number of rotatable bonds is 0. The SMILES string of the molecule is Cc1c(Cl)ccc2c1NC(C)(C)CC2. The van der Waals surface area contributed by atoms with Crippen LogP contribution in [0.25, 0.3) is 0 Å². The third kappa shape index (κ3) is 1.61. The predicted molar refractivity (Wildman–Crippen MR) is 62.2 cm³/mol. The first-order chi connectivity index (χ1) is 6.49. The van der Waals surface area contributed by atoms with Crippen molar-refractivity contribution in [1.82, 2.24) is 0 Å². The summed E-state index contributed by atoms with van der Waals surface area (Å²) in [6.45, 7) is 6.54. The van der Waals surface area contributed by atoms with Crippen molar-refractivity contribution in [2.24, 2.45) is 0 Å². The van der Waals surface area contributed by atoms with Gasteiger partial charge in [0.15, 0.2) is 0 Å². The molecule has 0 atom stereocenters. The first-order valence-corrected chi connectivity index (χ1v) is 5.43. The topological polar surface area (TPSA) is 12.0 Å². The molecule has 1 heterocycles. The lowest BCUT2D eigenvalue weighted by Gasteiger charge is -2.35. The second-order valence-corrected chi connectivity index (χ2v) is 5.12. The van der Waals surface area contributed by atoms with Crippen LogP contribution < -0.4 is 5.32 Å². The quantitative estimate of drug-likeness (QED) is 0.686. The summed E-state index contributed by atoms with van der Waals surface area (Å²) >= 11 is 6.10. The van der Waals surface area contributed by atoms with Crippen LogP contribution in [0.15, 0.2) is 12.1 Å². The van der Waals surface area contributed by atoms with Crippen molar-refractivity contribution in [2.45, 2.75) is 39.2 Å². The van der Waals surface area contributed by atoms with Gasteiger partial charge in [-0.15, -0.1) is 0 Å². The first kappa shape index (κ1) is 9.85. The van der Waals surface area contributed by atoms with Gasteiger partial charge < -0.3 is 5.32 Å². The average molecular weight is 210 g/mol. The maximum absolute atomic E-state index is 6.10. The molecule has 1 nitrogen and oxygen atoms in total. The molecule has 14 heavy (non-hydrogen) atoms. The van der Waals surface area contributed by atoms with Crippen LogP contribution >= 0.6 is 11.6 Å². The van der Waals surface area contributed by atoms with Gasteiger partial charge in [0, 0.05) is 16.2 Å². The van der Waals surface area contributed by atoms with Crippen molar-refractivity contribution in [3.05, 3.63) is 28.3 Å². The molecule has 0 spiro atoms. The molecular weight excluding hydrogens is 194 g/mol. The van der Waals surface area contributed by atoms with Crippen molar-refractivity contribution in [3.8, 4) is 0 Å². The molecule has 1 aromatic carbocycles. The van der Waals surface area contributed by atoms with Crippen molar-refractivity contribution in [3.63, 3.8) is 0 Å². The van der Waals surface area contributed by atoms with E-state index in [1.165, 1.54) is 23.2 Å². The molecule has 76 valence electrons. The van der Waals surface area contributed by atoms with Gasteiger partial charge in [0.2, 0.25) is 0 Å². The van der Waals surface area contributed by atoms with Crippen LogP contribution in [0.5, 0.6) is 0 Å². The van der Waals surface area contributed by atoms with E-state index in [2.05, 4.69) is 32.2 Å². The lowest BCUT2D eigenvalue weighted by molar-refractivity contribution is 0.501. The summed E-state index contributed by atoms with van der Waals surface area (Å²) in [5.41, 5.74) is 4.01. The molecule has 2 heteroatoms. The third-order valence-electron chi connectivity index (χ3n) is 2.97. The van der Waals surface area contributed by atoms with Gasteiger partial charge in [0.25, 0.3) is 0 Å². The van der Waals surface area contributed by atoms with Crippen molar-refractivity contribution in [1.29, 1.82) is 0 Å². The first-order valence-electron chi connectivity index (χ1n) is 5.06. The molecule has 0 bridgehead atoms. The summed E-state index contributed by atoms with van der Waals surface area (Å²) < 4.78 is 0. The van der Waals surface area contributed by atoms with E-state index in [4.69, 9.17) is 11.6 Å². The van der Waals surface area contributed by atoms with E-state index >= 15 is 0 Å². The zero-order valence-corrected chi connectivity index (χ0v) is 9.70. The van der Waals surface area contributed by atoms with Gasteiger partial charge in [-0.05, 0) is 50.8 Å². The minimum absolute atomic E-state index is 0.197. The van der Waals surface area contributed by atoms with Gasteiger partial charge in [-0.3, -0.25) is 0 Å². The molecule has 1 aliphatic rings. The van der Waals surface area contributed by atoms with Crippen LogP contribution in [0.3, 0.4) is 0 Å². The van der Waals surface area contributed by atoms with Gasteiger partial charge in [-0.2, -0.15) is 0 Å².